The highest BCUT2D eigenvalue weighted by atomic mass is 15.0. The normalized spacial score (nSPS) is 11.6. The summed E-state index contributed by atoms with van der Waals surface area (Å²) in [6.07, 6.45) is 0. The van der Waals surface area contributed by atoms with Gasteiger partial charge in [0.05, 0.1) is 27.8 Å². The first kappa shape index (κ1) is 25.2. The van der Waals surface area contributed by atoms with E-state index in [9.17, 15) is 0 Å². The Hall–Kier alpha value is -6.34. The SMILES string of the molecule is c1ccc(-c2nc(-c3nc(-c4nc(-c5ccccc5)c5ccccc5n4)c4c(n3)[nH]c3ccccc34)nc3ccccc23)cc1. The first-order valence-corrected chi connectivity index (χ1v) is 14.7. The van der Waals surface area contributed by atoms with Crippen molar-refractivity contribution in [2.75, 3.05) is 0 Å². The van der Waals surface area contributed by atoms with E-state index >= 15 is 0 Å². The van der Waals surface area contributed by atoms with Crippen molar-refractivity contribution in [3.8, 4) is 45.7 Å². The lowest BCUT2D eigenvalue weighted by Crippen LogP contribution is -2.03. The molecule has 0 bridgehead atoms. The van der Waals surface area contributed by atoms with E-state index in [1.54, 1.807) is 0 Å². The molecule has 4 aromatic heterocycles. The van der Waals surface area contributed by atoms with E-state index in [1.807, 2.05) is 97.1 Å². The Bertz CT molecular complexity index is 2540. The van der Waals surface area contributed by atoms with E-state index in [0.717, 1.165) is 60.6 Å². The first-order chi connectivity index (χ1) is 22.3. The third kappa shape index (κ3) is 4.21. The van der Waals surface area contributed by atoms with Crippen molar-refractivity contribution in [2.24, 2.45) is 0 Å². The zero-order valence-electron chi connectivity index (χ0n) is 23.9. The molecule has 0 spiro atoms. The van der Waals surface area contributed by atoms with Crippen molar-refractivity contribution >= 4 is 43.7 Å². The standard InChI is InChI=1S/C38H23N7/c1-3-13-23(14-4-1)32-26-18-8-11-21-29(26)40-36(42-32)34-31-25-17-7-10-20-28(25)39-35(31)45-38(44-34)37-41-30-22-12-9-19-27(30)33(43-37)24-15-5-2-6-16-24/h1-22H,(H,39,44,45). The molecule has 1 N–H and O–H groups in total. The van der Waals surface area contributed by atoms with Crippen LogP contribution in [0.1, 0.15) is 0 Å². The molecular formula is C38H23N7. The van der Waals surface area contributed by atoms with Gasteiger partial charge in [-0.1, -0.05) is 115 Å². The van der Waals surface area contributed by atoms with E-state index in [0.29, 0.717) is 28.8 Å². The van der Waals surface area contributed by atoms with Gasteiger partial charge in [0.25, 0.3) is 0 Å². The Kier molecular flexibility index (Phi) is 5.67. The molecule has 4 heterocycles. The summed E-state index contributed by atoms with van der Waals surface area (Å²) >= 11 is 0. The Morgan fingerprint density at radius 2 is 0.822 bits per heavy atom. The van der Waals surface area contributed by atoms with Crippen LogP contribution in [0.4, 0.5) is 0 Å². The summed E-state index contributed by atoms with van der Waals surface area (Å²) in [7, 11) is 0. The fourth-order valence-electron chi connectivity index (χ4n) is 6.00. The van der Waals surface area contributed by atoms with Crippen LogP contribution >= 0.6 is 0 Å². The van der Waals surface area contributed by atoms with Gasteiger partial charge in [-0.3, -0.25) is 0 Å². The van der Waals surface area contributed by atoms with Gasteiger partial charge in [-0.05, 0) is 18.2 Å². The number of benzene rings is 5. The van der Waals surface area contributed by atoms with Crippen molar-refractivity contribution in [1.29, 1.82) is 0 Å². The molecule has 7 heteroatoms. The molecule has 0 atom stereocenters. The second kappa shape index (κ2) is 10.1. The molecule has 0 amide bonds. The van der Waals surface area contributed by atoms with Crippen LogP contribution in [0.25, 0.3) is 89.4 Å². The Morgan fingerprint density at radius 3 is 1.47 bits per heavy atom. The number of rotatable bonds is 4. The van der Waals surface area contributed by atoms with Gasteiger partial charge in [0.15, 0.2) is 17.5 Å². The molecule has 0 aliphatic heterocycles. The van der Waals surface area contributed by atoms with Gasteiger partial charge in [-0.2, -0.15) is 0 Å². The third-order valence-corrected chi connectivity index (χ3v) is 8.07. The van der Waals surface area contributed by atoms with Crippen LogP contribution in [0.15, 0.2) is 133 Å². The maximum Gasteiger partial charge on any atom is 0.200 e. The minimum atomic E-state index is 0.394. The fraction of sp³-hybridized carbons (Fsp3) is 0. The summed E-state index contributed by atoms with van der Waals surface area (Å²) in [6, 6.07) is 44.6. The average molecular weight is 578 g/mol. The predicted molar refractivity (Wildman–Crippen MR) is 179 cm³/mol. The maximum absolute atomic E-state index is 5.17. The van der Waals surface area contributed by atoms with Gasteiger partial charge in [0.1, 0.15) is 11.3 Å². The second-order valence-corrected chi connectivity index (χ2v) is 10.8. The van der Waals surface area contributed by atoms with Gasteiger partial charge >= 0.3 is 0 Å². The zero-order valence-corrected chi connectivity index (χ0v) is 23.9. The molecule has 0 unspecified atom stereocenters. The van der Waals surface area contributed by atoms with Crippen molar-refractivity contribution < 1.29 is 0 Å². The monoisotopic (exact) mass is 577 g/mol. The topological polar surface area (TPSA) is 93.1 Å². The lowest BCUT2D eigenvalue weighted by molar-refractivity contribution is 1.10. The van der Waals surface area contributed by atoms with Crippen LogP contribution in [0.3, 0.4) is 0 Å². The number of hydrogen-bond donors (Lipinski definition) is 1. The quantitative estimate of drug-likeness (QED) is 0.225. The summed E-state index contributed by atoms with van der Waals surface area (Å²) in [6.45, 7) is 0. The number of para-hydroxylation sites is 3. The second-order valence-electron chi connectivity index (χ2n) is 10.8. The van der Waals surface area contributed by atoms with E-state index in [4.69, 9.17) is 29.9 Å². The summed E-state index contributed by atoms with van der Waals surface area (Å²) in [5, 5.41) is 3.79. The van der Waals surface area contributed by atoms with Crippen LogP contribution in [-0.4, -0.2) is 34.9 Å². The van der Waals surface area contributed by atoms with Crippen molar-refractivity contribution in [1.82, 2.24) is 34.9 Å². The Labute approximate surface area is 257 Å². The number of H-pyrrole nitrogens is 1. The smallest absolute Gasteiger partial charge is 0.200 e. The molecule has 9 rings (SSSR count). The molecule has 0 aliphatic rings. The number of aromatic amines is 1. The largest absolute Gasteiger partial charge is 0.339 e. The predicted octanol–water partition coefficient (Wildman–Crippen LogP) is 8.67. The average Bonchev–Trinajstić information content (AvgIpc) is 3.50. The number of fused-ring (bicyclic) bond motifs is 5. The molecule has 45 heavy (non-hydrogen) atoms. The minimum Gasteiger partial charge on any atom is -0.339 e. The molecule has 210 valence electrons. The molecule has 0 saturated carbocycles. The summed E-state index contributed by atoms with van der Waals surface area (Å²) in [4.78, 5) is 33.9. The van der Waals surface area contributed by atoms with Crippen LogP contribution < -0.4 is 0 Å². The van der Waals surface area contributed by atoms with Gasteiger partial charge < -0.3 is 4.98 Å². The number of aromatic nitrogens is 7. The number of nitrogens with zero attached hydrogens (tertiary/aromatic N) is 6. The molecule has 0 aliphatic carbocycles. The molecule has 7 nitrogen and oxygen atoms in total. The number of hydrogen-bond acceptors (Lipinski definition) is 6. The maximum atomic E-state index is 5.17. The van der Waals surface area contributed by atoms with Crippen LogP contribution in [0, 0.1) is 0 Å². The van der Waals surface area contributed by atoms with E-state index in [1.165, 1.54) is 0 Å². The van der Waals surface area contributed by atoms with E-state index < -0.39 is 0 Å². The van der Waals surface area contributed by atoms with E-state index in [-0.39, 0.29) is 0 Å². The van der Waals surface area contributed by atoms with E-state index in [2.05, 4.69) is 41.4 Å². The highest BCUT2D eigenvalue weighted by Gasteiger charge is 2.22. The molecule has 5 aromatic carbocycles. The van der Waals surface area contributed by atoms with Gasteiger partial charge in [-0.25, -0.2) is 29.9 Å². The Morgan fingerprint density at radius 1 is 0.356 bits per heavy atom. The molecule has 0 fully saturated rings. The lowest BCUT2D eigenvalue weighted by Gasteiger charge is -2.11. The number of nitrogens with one attached hydrogen (secondary N) is 1. The highest BCUT2D eigenvalue weighted by Crippen LogP contribution is 2.36. The van der Waals surface area contributed by atoms with Crippen LogP contribution in [-0.2, 0) is 0 Å². The van der Waals surface area contributed by atoms with Crippen molar-refractivity contribution in [2.45, 2.75) is 0 Å². The van der Waals surface area contributed by atoms with Crippen molar-refractivity contribution in [3.05, 3.63) is 133 Å². The van der Waals surface area contributed by atoms with Gasteiger partial charge in [0.2, 0.25) is 0 Å². The molecular weight excluding hydrogens is 554 g/mol. The van der Waals surface area contributed by atoms with Crippen molar-refractivity contribution in [3.63, 3.8) is 0 Å². The zero-order chi connectivity index (χ0) is 29.7. The summed E-state index contributed by atoms with van der Waals surface area (Å²) in [5.74, 6) is 1.33. The van der Waals surface area contributed by atoms with Crippen LogP contribution in [0.5, 0.6) is 0 Å². The third-order valence-electron chi connectivity index (χ3n) is 8.07. The minimum absolute atomic E-state index is 0.394. The Balaban J connectivity index is 1.36. The lowest BCUT2D eigenvalue weighted by atomic mass is 10.1. The first-order valence-electron chi connectivity index (χ1n) is 14.7. The molecule has 0 radical (unpaired) electrons. The molecule has 9 aromatic rings. The van der Waals surface area contributed by atoms with Gasteiger partial charge in [0, 0.05) is 32.8 Å². The summed E-state index contributed by atoms with van der Waals surface area (Å²) in [5.41, 5.74) is 7.57. The highest BCUT2D eigenvalue weighted by molar-refractivity contribution is 6.12. The summed E-state index contributed by atoms with van der Waals surface area (Å²) < 4.78 is 0. The fourth-order valence-corrected chi connectivity index (χ4v) is 6.00. The van der Waals surface area contributed by atoms with Crippen LogP contribution in [0.2, 0.25) is 0 Å². The van der Waals surface area contributed by atoms with Gasteiger partial charge in [-0.15, -0.1) is 0 Å². The molecule has 0 saturated heterocycles.